The molecule has 0 fully saturated rings. The highest BCUT2D eigenvalue weighted by Gasteiger charge is 2.31. The lowest BCUT2D eigenvalue weighted by Gasteiger charge is -2.22. The molecule has 0 nitrogen and oxygen atoms in total. The quantitative estimate of drug-likeness (QED) is 0.175. The van der Waals surface area contributed by atoms with Gasteiger partial charge in [0.15, 0.2) is 0 Å². The van der Waals surface area contributed by atoms with Crippen LogP contribution in [0.5, 0.6) is 0 Å². The van der Waals surface area contributed by atoms with Crippen molar-refractivity contribution in [1.82, 2.24) is 0 Å². The van der Waals surface area contributed by atoms with Gasteiger partial charge in [0, 0.05) is 0 Å². The maximum atomic E-state index is 2.43. The minimum atomic E-state index is 1.22. The van der Waals surface area contributed by atoms with Crippen molar-refractivity contribution >= 4 is 32.3 Å². The Morgan fingerprint density at radius 3 is 1.48 bits per heavy atom. The van der Waals surface area contributed by atoms with E-state index in [1.165, 1.54) is 99.1 Å². The smallest absolute Gasteiger partial charge is 0.000138 e. The molecule has 9 aromatic carbocycles. The molecule has 0 aliphatic heterocycles. The first-order chi connectivity index (χ1) is 23.8. The van der Waals surface area contributed by atoms with Crippen molar-refractivity contribution in [2.24, 2.45) is 0 Å². The number of rotatable bonds is 4. The van der Waals surface area contributed by atoms with E-state index in [4.69, 9.17) is 0 Å². The van der Waals surface area contributed by atoms with Crippen LogP contribution in [0, 0.1) is 0 Å². The summed E-state index contributed by atoms with van der Waals surface area (Å²) < 4.78 is 0. The first-order valence-electron chi connectivity index (χ1n) is 16.7. The Bertz CT molecular complexity index is 2680. The van der Waals surface area contributed by atoms with Crippen LogP contribution in [0.2, 0.25) is 0 Å². The summed E-state index contributed by atoms with van der Waals surface area (Å²) in [7, 11) is 0. The fourth-order valence-electron chi connectivity index (χ4n) is 8.09. The van der Waals surface area contributed by atoms with Crippen LogP contribution < -0.4 is 0 Å². The summed E-state index contributed by atoms with van der Waals surface area (Å²) >= 11 is 0. The van der Waals surface area contributed by atoms with Crippen molar-refractivity contribution in [3.05, 3.63) is 182 Å². The van der Waals surface area contributed by atoms with Gasteiger partial charge in [-0.2, -0.15) is 0 Å². The number of hydrogen-bond donors (Lipinski definition) is 0. The van der Waals surface area contributed by atoms with Crippen LogP contribution in [0.25, 0.3) is 99.1 Å². The molecule has 9 aromatic rings. The fraction of sp³-hybridized carbons (Fsp3) is 0. The maximum absolute atomic E-state index is 2.43. The molecule has 1 aliphatic carbocycles. The topological polar surface area (TPSA) is 0 Å². The molecule has 0 spiro atoms. The second kappa shape index (κ2) is 10.7. The summed E-state index contributed by atoms with van der Waals surface area (Å²) in [5.41, 5.74) is 15.3. The molecule has 0 unspecified atom stereocenters. The van der Waals surface area contributed by atoms with Gasteiger partial charge in [-0.05, 0) is 117 Å². The normalized spacial score (nSPS) is 11.8. The molecule has 0 radical (unpaired) electrons. The second-order valence-corrected chi connectivity index (χ2v) is 12.8. The number of hydrogen-bond acceptors (Lipinski definition) is 0. The third kappa shape index (κ3) is 4.03. The molecule has 0 N–H and O–H groups in total. The summed E-state index contributed by atoms with van der Waals surface area (Å²) in [6.45, 7) is 0. The summed E-state index contributed by atoms with van der Waals surface area (Å²) in [6.07, 6.45) is 0. The van der Waals surface area contributed by atoms with Crippen molar-refractivity contribution in [3.8, 4) is 66.8 Å². The van der Waals surface area contributed by atoms with Crippen molar-refractivity contribution in [2.45, 2.75) is 0 Å². The van der Waals surface area contributed by atoms with E-state index < -0.39 is 0 Å². The third-order valence-corrected chi connectivity index (χ3v) is 10.2. The molecule has 222 valence electrons. The first-order valence-corrected chi connectivity index (χ1v) is 16.7. The van der Waals surface area contributed by atoms with Gasteiger partial charge >= 0.3 is 0 Å². The Morgan fingerprint density at radius 1 is 0.229 bits per heavy atom. The predicted octanol–water partition coefficient (Wildman–Crippen LogP) is 13.5. The monoisotopic (exact) mass is 606 g/mol. The summed E-state index contributed by atoms with van der Waals surface area (Å²) in [6, 6.07) is 67.1. The van der Waals surface area contributed by atoms with E-state index in [1.807, 2.05) is 0 Å². The van der Waals surface area contributed by atoms with Gasteiger partial charge < -0.3 is 0 Å². The Labute approximate surface area is 280 Å². The lowest BCUT2D eigenvalue weighted by atomic mass is 9.81. The van der Waals surface area contributed by atoms with Crippen LogP contribution in [-0.4, -0.2) is 0 Å². The average Bonchev–Trinajstić information content (AvgIpc) is 3.50. The Kier molecular flexibility index (Phi) is 5.98. The van der Waals surface area contributed by atoms with E-state index in [-0.39, 0.29) is 0 Å². The van der Waals surface area contributed by atoms with Crippen molar-refractivity contribution in [3.63, 3.8) is 0 Å². The van der Waals surface area contributed by atoms with Gasteiger partial charge in [-0.25, -0.2) is 0 Å². The van der Waals surface area contributed by atoms with Crippen LogP contribution in [0.15, 0.2) is 182 Å². The molecule has 0 bridgehead atoms. The van der Waals surface area contributed by atoms with E-state index >= 15 is 0 Å². The van der Waals surface area contributed by atoms with Gasteiger partial charge in [0.2, 0.25) is 0 Å². The molecular formula is C48H30. The standard InChI is InChI=1S/C48H30/c1-4-14-31(15-5-1)38-26-27-41-39-24-13-23-37-30-43(32-16-6-2-7-17-32)46(48(45(37)39)47(41)44(38)33-18-8-3-9-19-33)40-25-12-22-36-28-34-20-10-11-21-35(34)29-42(36)40/h1-30H. The van der Waals surface area contributed by atoms with E-state index in [9.17, 15) is 0 Å². The molecule has 0 aromatic heterocycles. The fourth-order valence-corrected chi connectivity index (χ4v) is 8.09. The Hall–Kier alpha value is -6.24. The molecule has 0 atom stereocenters. The van der Waals surface area contributed by atoms with E-state index in [1.54, 1.807) is 0 Å². The molecule has 0 saturated carbocycles. The first kappa shape index (κ1) is 26.9. The van der Waals surface area contributed by atoms with E-state index in [0.29, 0.717) is 0 Å². The highest BCUT2D eigenvalue weighted by atomic mass is 14.3. The van der Waals surface area contributed by atoms with Crippen LogP contribution in [-0.2, 0) is 0 Å². The lowest BCUT2D eigenvalue weighted by Crippen LogP contribution is -1.95. The predicted molar refractivity (Wildman–Crippen MR) is 205 cm³/mol. The average molecular weight is 607 g/mol. The Morgan fingerprint density at radius 2 is 0.771 bits per heavy atom. The van der Waals surface area contributed by atoms with Gasteiger partial charge in [0.1, 0.15) is 0 Å². The van der Waals surface area contributed by atoms with Gasteiger partial charge in [-0.15, -0.1) is 0 Å². The third-order valence-electron chi connectivity index (χ3n) is 10.2. The molecule has 1 aliphatic rings. The summed E-state index contributed by atoms with van der Waals surface area (Å²) in [4.78, 5) is 0. The van der Waals surface area contributed by atoms with E-state index in [2.05, 4.69) is 182 Å². The van der Waals surface area contributed by atoms with E-state index in [0.717, 1.165) is 0 Å². The largest absolute Gasteiger partial charge is 0.0622 e. The minimum absolute atomic E-state index is 1.22. The van der Waals surface area contributed by atoms with Crippen LogP contribution in [0.4, 0.5) is 0 Å². The molecule has 0 amide bonds. The van der Waals surface area contributed by atoms with Crippen molar-refractivity contribution < 1.29 is 0 Å². The number of benzene rings is 9. The summed E-state index contributed by atoms with van der Waals surface area (Å²) in [5, 5.41) is 7.66. The Balaban J connectivity index is 1.42. The number of fused-ring (bicyclic) bond motifs is 5. The highest BCUT2D eigenvalue weighted by Crippen LogP contribution is 2.58. The molecule has 0 saturated heterocycles. The SMILES string of the molecule is c1ccc(-c2ccc3c(c2-c2ccccc2)-c2c(-c4cccc5cc6ccccc6cc45)c(-c4ccccc4)cc4cccc-3c24)cc1. The van der Waals surface area contributed by atoms with Gasteiger partial charge in [-0.3, -0.25) is 0 Å². The van der Waals surface area contributed by atoms with Gasteiger partial charge in [0.05, 0.1) is 0 Å². The molecule has 48 heavy (non-hydrogen) atoms. The zero-order valence-electron chi connectivity index (χ0n) is 26.3. The zero-order valence-corrected chi connectivity index (χ0v) is 26.3. The summed E-state index contributed by atoms with van der Waals surface area (Å²) in [5.74, 6) is 0. The highest BCUT2D eigenvalue weighted by molar-refractivity contribution is 6.26. The molecule has 10 rings (SSSR count). The second-order valence-electron chi connectivity index (χ2n) is 12.8. The van der Waals surface area contributed by atoms with Gasteiger partial charge in [-0.1, -0.05) is 164 Å². The molecular weight excluding hydrogens is 577 g/mol. The molecule has 0 heteroatoms. The van der Waals surface area contributed by atoms with Crippen molar-refractivity contribution in [2.75, 3.05) is 0 Å². The van der Waals surface area contributed by atoms with Crippen LogP contribution in [0.3, 0.4) is 0 Å². The maximum Gasteiger partial charge on any atom is -0.000138 e. The minimum Gasteiger partial charge on any atom is -0.0622 e. The van der Waals surface area contributed by atoms with Gasteiger partial charge in [0.25, 0.3) is 0 Å². The zero-order chi connectivity index (χ0) is 31.6. The molecule has 0 heterocycles. The van der Waals surface area contributed by atoms with Crippen LogP contribution >= 0.6 is 0 Å². The van der Waals surface area contributed by atoms with Crippen LogP contribution in [0.1, 0.15) is 0 Å². The lowest BCUT2D eigenvalue weighted by molar-refractivity contribution is 1.58. The van der Waals surface area contributed by atoms with Crippen molar-refractivity contribution in [1.29, 1.82) is 0 Å².